The first kappa shape index (κ1) is 19.2. The molecule has 144 valence electrons. The fourth-order valence-electron chi connectivity index (χ4n) is 2.60. The van der Waals surface area contributed by atoms with Crippen molar-refractivity contribution in [3.8, 4) is 17.2 Å². The second-order valence-electron chi connectivity index (χ2n) is 6.12. The van der Waals surface area contributed by atoms with E-state index in [1.165, 1.54) is 14.0 Å². The van der Waals surface area contributed by atoms with Crippen LogP contribution in [0.3, 0.4) is 0 Å². The summed E-state index contributed by atoms with van der Waals surface area (Å²) in [7, 11) is 1.49. The maximum atomic E-state index is 12.1. The molecule has 0 aliphatic carbocycles. The second kappa shape index (κ2) is 8.85. The van der Waals surface area contributed by atoms with Gasteiger partial charge < -0.3 is 19.4 Å². The predicted molar refractivity (Wildman–Crippen MR) is 104 cm³/mol. The fraction of sp³-hybridized carbons (Fsp3) is 0.190. The first-order chi connectivity index (χ1) is 13.6. The van der Waals surface area contributed by atoms with Crippen LogP contribution in [0.15, 0.2) is 61.2 Å². The summed E-state index contributed by atoms with van der Waals surface area (Å²) in [4.78, 5) is 27.5. The molecule has 1 N–H and O–H groups in total. The van der Waals surface area contributed by atoms with Gasteiger partial charge in [-0.3, -0.25) is 9.59 Å². The summed E-state index contributed by atoms with van der Waals surface area (Å²) in [5, 5.41) is 2.81. The molecule has 1 heterocycles. The monoisotopic (exact) mass is 379 g/mol. The number of imidazole rings is 1. The smallest absolute Gasteiger partial charge is 0.258 e. The van der Waals surface area contributed by atoms with Gasteiger partial charge >= 0.3 is 0 Å². The van der Waals surface area contributed by atoms with E-state index in [2.05, 4.69) is 10.3 Å². The SMILES string of the molecule is COc1cc(C(C)=O)ccc1OCC(=O)NCc1ccc(-n2ccnc2)cc1. The molecule has 3 aromatic rings. The summed E-state index contributed by atoms with van der Waals surface area (Å²) in [6, 6.07) is 12.7. The third-order valence-electron chi connectivity index (χ3n) is 4.16. The Labute approximate surface area is 162 Å². The van der Waals surface area contributed by atoms with Gasteiger partial charge in [-0.25, -0.2) is 4.98 Å². The normalized spacial score (nSPS) is 10.4. The van der Waals surface area contributed by atoms with Gasteiger partial charge in [0.1, 0.15) is 0 Å². The number of ketones is 1. The van der Waals surface area contributed by atoms with Gasteiger partial charge in [0.15, 0.2) is 23.9 Å². The molecule has 0 spiro atoms. The molecule has 0 saturated carbocycles. The number of ether oxygens (including phenoxy) is 2. The Kier molecular flexibility index (Phi) is 6.06. The molecule has 0 bridgehead atoms. The van der Waals surface area contributed by atoms with E-state index in [4.69, 9.17) is 9.47 Å². The predicted octanol–water partition coefficient (Wildman–Crippen LogP) is 2.78. The van der Waals surface area contributed by atoms with E-state index in [0.29, 0.717) is 23.6 Å². The summed E-state index contributed by atoms with van der Waals surface area (Å²) in [5.41, 5.74) is 2.49. The lowest BCUT2D eigenvalue weighted by Crippen LogP contribution is -2.28. The van der Waals surface area contributed by atoms with Crippen molar-refractivity contribution in [1.82, 2.24) is 14.9 Å². The number of carbonyl (C=O) groups excluding carboxylic acids is 2. The number of Topliss-reactive ketones (excluding diaryl/α,β-unsaturated/α-hetero) is 1. The Morgan fingerprint density at radius 3 is 2.54 bits per heavy atom. The number of carbonyl (C=O) groups is 2. The zero-order valence-corrected chi connectivity index (χ0v) is 15.7. The average molecular weight is 379 g/mol. The van der Waals surface area contributed by atoms with Crippen molar-refractivity contribution in [2.24, 2.45) is 0 Å². The van der Waals surface area contributed by atoms with Gasteiger partial charge in [-0.15, -0.1) is 0 Å². The molecule has 3 rings (SSSR count). The Balaban J connectivity index is 1.51. The lowest BCUT2D eigenvalue weighted by atomic mass is 10.1. The molecule has 2 aromatic carbocycles. The number of benzene rings is 2. The molecule has 0 unspecified atom stereocenters. The van der Waals surface area contributed by atoms with E-state index in [-0.39, 0.29) is 18.3 Å². The van der Waals surface area contributed by atoms with Crippen molar-refractivity contribution in [1.29, 1.82) is 0 Å². The fourth-order valence-corrected chi connectivity index (χ4v) is 2.60. The van der Waals surface area contributed by atoms with Crippen molar-refractivity contribution >= 4 is 11.7 Å². The third-order valence-corrected chi connectivity index (χ3v) is 4.16. The standard InChI is InChI=1S/C21H21N3O4/c1-15(25)17-5-8-19(20(11-17)27-2)28-13-21(26)23-12-16-3-6-18(7-4-16)24-10-9-22-14-24/h3-11,14H,12-13H2,1-2H3,(H,23,26). The zero-order chi connectivity index (χ0) is 19.9. The van der Waals surface area contributed by atoms with Crippen LogP contribution in [0.4, 0.5) is 0 Å². The number of amides is 1. The van der Waals surface area contributed by atoms with E-state index in [1.54, 1.807) is 30.7 Å². The van der Waals surface area contributed by atoms with E-state index >= 15 is 0 Å². The highest BCUT2D eigenvalue weighted by Crippen LogP contribution is 2.28. The highest BCUT2D eigenvalue weighted by atomic mass is 16.5. The number of methoxy groups -OCH3 is 1. The van der Waals surface area contributed by atoms with Crippen LogP contribution in [0, 0.1) is 0 Å². The zero-order valence-electron chi connectivity index (χ0n) is 15.7. The van der Waals surface area contributed by atoms with Crippen LogP contribution in [0.1, 0.15) is 22.8 Å². The van der Waals surface area contributed by atoms with Crippen molar-refractivity contribution in [2.75, 3.05) is 13.7 Å². The Bertz CT molecular complexity index is 950. The van der Waals surface area contributed by atoms with Gasteiger partial charge in [0, 0.05) is 30.2 Å². The van der Waals surface area contributed by atoms with Crippen LogP contribution >= 0.6 is 0 Å². The Morgan fingerprint density at radius 2 is 1.89 bits per heavy atom. The molecule has 1 aromatic heterocycles. The molecule has 1 amide bonds. The number of nitrogens with zero attached hydrogens (tertiary/aromatic N) is 2. The highest BCUT2D eigenvalue weighted by Gasteiger charge is 2.10. The van der Waals surface area contributed by atoms with Crippen LogP contribution in [0.25, 0.3) is 5.69 Å². The molecule has 0 aliphatic rings. The van der Waals surface area contributed by atoms with Gasteiger partial charge in [0.2, 0.25) is 0 Å². The minimum atomic E-state index is -0.253. The summed E-state index contributed by atoms with van der Waals surface area (Å²) in [6.07, 6.45) is 5.31. The lowest BCUT2D eigenvalue weighted by Gasteiger charge is -2.12. The summed E-state index contributed by atoms with van der Waals surface area (Å²) >= 11 is 0. The quantitative estimate of drug-likeness (QED) is 0.609. The van der Waals surface area contributed by atoms with Crippen LogP contribution in [0.2, 0.25) is 0 Å². The Morgan fingerprint density at radius 1 is 1.11 bits per heavy atom. The Hall–Kier alpha value is -3.61. The lowest BCUT2D eigenvalue weighted by molar-refractivity contribution is -0.123. The van der Waals surface area contributed by atoms with Crippen molar-refractivity contribution in [3.63, 3.8) is 0 Å². The average Bonchev–Trinajstić information content (AvgIpc) is 3.25. The molecule has 0 fully saturated rings. The highest BCUT2D eigenvalue weighted by molar-refractivity contribution is 5.94. The molecule has 0 saturated heterocycles. The van der Waals surface area contributed by atoms with Crippen molar-refractivity contribution < 1.29 is 19.1 Å². The second-order valence-corrected chi connectivity index (χ2v) is 6.12. The van der Waals surface area contributed by atoms with Gasteiger partial charge in [-0.2, -0.15) is 0 Å². The van der Waals surface area contributed by atoms with Crippen LogP contribution in [-0.4, -0.2) is 35.0 Å². The van der Waals surface area contributed by atoms with Crippen molar-refractivity contribution in [3.05, 3.63) is 72.3 Å². The number of aromatic nitrogens is 2. The van der Waals surface area contributed by atoms with E-state index < -0.39 is 0 Å². The molecule has 0 radical (unpaired) electrons. The minimum Gasteiger partial charge on any atom is -0.493 e. The van der Waals surface area contributed by atoms with Crippen molar-refractivity contribution in [2.45, 2.75) is 13.5 Å². The minimum absolute atomic E-state index is 0.0679. The largest absolute Gasteiger partial charge is 0.493 e. The molecule has 28 heavy (non-hydrogen) atoms. The summed E-state index contributed by atoms with van der Waals surface area (Å²) in [6.45, 7) is 1.72. The summed E-state index contributed by atoms with van der Waals surface area (Å²) in [5.74, 6) is 0.501. The summed E-state index contributed by atoms with van der Waals surface area (Å²) < 4.78 is 12.7. The van der Waals surface area contributed by atoms with Crippen LogP contribution in [0.5, 0.6) is 11.5 Å². The molecule has 0 aliphatic heterocycles. The van der Waals surface area contributed by atoms with Gasteiger partial charge in [0.05, 0.1) is 13.4 Å². The first-order valence-electron chi connectivity index (χ1n) is 8.72. The number of hydrogen-bond donors (Lipinski definition) is 1. The molecule has 0 atom stereocenters. The maximum Gasteiger partial charge on any atom is 0.258 e. The van der Waals surface area contributed by atoms with Crippen LogP contribution < -0.4 is 14.8 Å². The number of nitrogens with one attached hydrogen (secondary N) is 1. The number of rotatable bonds is 8. The maximum absolute atomic E-state index is 12.1. The number of hydrogen-bond acceptors (Lipinski definition) is 5. The molecular weight excluding hydrogens is 358 g/mol. The molecule has 7 heteroatoms. The van der Waals surface area contributed by atoms with Gasteiger partial charge in [-0.1, -0.05) is 12.1 Å². The van der Waals surface area contributed by atoms with E-state index in [0.717, 1.165) is 11.3 Å². The molecular formula is C21H21N3O4. The van der Waals surface area contributed by atoms with Crippen LogP contribution in [-0.2, 0) is 11.3 Å². The molecule has 7 nitrogen and oxygen atoms in total. The van der Waals surface area contributed by atoms with Gasteiger partial charge in [0.25, 0.3) is 5.91 Å². The topological polar surface area (TPSA) is 82.5 Å². The first-order valence-corrected chi connectivity index (χ1v) is 8.72. The third kappa shape index (κ3) is 4.76. The van der Waals surface area contributed by atoms with Gasteiger partial charge in [-0.05, 0) is 42.8 Å². The van der Waals surface area contributed by atoms with E-state index in [1.807, 2.05) is 35.0 Å². The van der Waals surface area contributed by atoms with E-state index in [9.17, 15) is 9.59 Å².